The molecule has 0 atom stereocenters. The second-order valence-electron chi connectivity index (χ2n) is 5.00. The number of halogens is 2. The number of nitrogens with one attached hydrogen (secondary N) is 1. The molecule has 0 unspecified atom stereocenters. The van der Waals surface area contributed by atoms with Crippen molar-refractivity contribution in [3.8, 4) is 5.75 Å². The number of benzene rings is 1. The Bertz CT molecular complexity index is 711. The summed E-state index contributed by atoms with van der Waals surface area (Å²) in [5.41, 5.74) is 2.63. The standard InChI is InChI=1S/C15H17F2N3O2/c1-8-5-6-11(12(7-8)22-15(16)17)18-14(21)13-9(2)19-20(4)10(13)3/h5-7,15H,1-4H3,(H,18,21). The summed E-state index contributed by atoms with van der Waals surface area (Å²) in [6, 6.07) is 4.69. The average Bonchev–Trinajstić information content (AvgIpc) is 2.66. The fourth-order valence-corrected chi connectivity index (χ4v) is 2.21. The van der Waals surface area contributed by atoms with Crippen LogP contribution in [0.15, 0.2) is 18.2 Å². The van der Waals surface area contributed by atoms with Crippen molar-refractivity contribution in [3.05, 3.63) is 40.7 Å². The Labute approximate surface area is 126 Å². The van der Waals surface area contributed by atoms with Gasteiger partial charge in [-0.05, 0) is 38.5 Å². The van der Waals surface area contributed by atoms with Crippen LogP contribution in [-0.2, 0) is 7.05 Å². The second kappa shape index (κ2) is 6.13. The molecule has 2 aromatic rings. The molecule has 118 valence electrons. The van der Waals surface area contributed by atoms with Gasteiger partial charge in [-0.15, -0.1) is 0 Å². The number of aromatic nitrogens is 2. The number of aryl methyl sites for hydroxylation is 3. The first-order valence-corrected chi connectivity index (χ1v) is 6.66. The van der Waals surface area contributed by atoms with E-state index in [0.717, 1.165) is 5.56 Å². The third kappa shape index (κ3) is 3.24. The molecule has 5 nitrogen and oxygen atoms in total. The molecule has 0 aliphatic carbocycles. The summed E-state index contributed by atoms with van der Waals surface area (Å²) in [6.07, 6.45) is 0. The quantitative estimate of drug-likeness (QED) is 0.943. The van der Waals surface area contributed by atoms with Crippen molar-refractivity contribution in [2.75, 3.05) is 5.32 Å². The van der Waals surface area contributed by atoms with Gasteiger partial charge in [0.25, 0.3) is 5.91 Å². The Kier molecular flexibility index (Phi) is 4.44. The zero-order valence-electron chi connectivity index (χ0n) is 12.8. The van der Waals surface area contributed by atoms with Crippen LogP contribution in [0.1, 0.15) is 27.3 Å². The molecule has 22 heavy (non-hydrogen) atoms. The molecular formula is C15H17F2N3O2. The first kappa shape index (κ1) is 15.9. The van der Waals surface area contributed by atoms with E-state index in [1.807, 2.05) is 0 Å². The lowest BCUT2D eigenvalue weighted by molar-refractivity contribution is -0.0494. The zero-order chi connectivity index (χ0) is 16.4. The number of amides is 1. The minimum atomic E-state index is -2.96. The highest BCUT2D eigenvalue weighted by Gasteiger charge is 2.19. The van der Waals surface area contributed by atoms with Gasteiger partial charge in [0.15, 0.2) is 0 Å². The van der Waals surface area contributed by atoms with Gasteiger partial charge < -0.3 is 10.1 Å². The minimum Gasteiger partial charge on any atom is -0.433 e. The molecule has 0 aliphatic rings. The predicted molar refractivity (Wildman–Crippen MR) is 78.4 cm³/mol. The zero-order valence-corrected chi connectivity index (χ0v) is 12.8. The van der Waals surface area contributed by atoms with Crippen LogP contribution in [0.4, 0.5) is 14.5 Å². The van der Waals surface area contributed by atoms with E-state index in [1.165, 1.54) is 12.1 Å². The number of carbonyl (C=O) groups is 1. The molecule has 2 rings (SSSR count). The van der Waals surface area contributed by atoms with Gasteiger partial charge >= 0.3 is 6.61 Å². The largest absolute Gasteiger partial charge is 0.433 e. The topological polar surface area (TPSA) is 56.2 Å². The monoisotopic (exact) mass is 309 g/mol. The van der Waals surface area contributed by atoms with Crippen molar-refractivity contribution >= 4 is 11.6 Å². The summed E-state index contributed by atoms with van der Waals surface area (Å²) < 4.78 is 31.0. The molecule has 0 bridgehead atoms. The van der Waals surface area contributed by atoms with Crippen LogP contribution < -0.4 is 10.1 Å². The molecule has 1 amide bonds. The molecule has 0 aliphatic heterocycles. The lowest BCUT2D eigenvalue weighted by Gasteiger charge is -2.13. The molecule has 1 aromatic heterocycles. The van der Waals surface area contributed by atoms with Gasteiger partial charge in [0.05, 0.1) is 16.9 Å². The lowest BCUT2D eigenvalue weighted by atomic mass is 10.1. The van der Waals surface area contributed by atoms with Gasteiger partial charge in [-0.25, -0.2) is 0 Å². The van der Waals surface area contributed by atoms with Gasteiger partial charge in [0.2, 0.25) is 0 Å². The maximum absolute atomic E-state index is 12.5. The van der Waals surface area contributed by atoms with E-state index in [4.69, 9.17) is 0 Å². The molecule has 0 saturated heterocycles. The Morgan fingerprint density at radius 1 is 1.32 bits per heavy atom. The fourth-order valence-electron chi connectivity index (χ4n) is 2.21. The van der Waals surface area contributed by atoms with Crippen molar-refractivity contribution in [3.63, 3.8) is 0 Å². The van der Waals surface area contributed by atoms with Crippen molar-refractivity contribution < 1.29 is 18.3 Å². The number of anilines is 1. The van der Waals surface area contributed by atoms with Gasteiger partial charge in [-0.2, -0.15) is 13.9 Å². The van der Waals surface area contributed by atoms with Crippen LogP contribution in [0.3, 0.4) is 0 Å². The molecule has 1 heterocycles. The van der Waals surface area contributed by atoms with E-state index >= 15 is 0 Å². The summed E-state index contributed by atoms with van der Waals surface area (Å²) in [6.45, 7) is 2.27. The SMILES string of the molecule is Cc1ccc(NC(=O)c2c(C)nn(C)c2C)c(OC(F)F)c1. The highest BCUT2D eigenvalue weighted by molar-refractivity contribution is 6.06. The first-order valence-electron chi connectivity index (χ1n) is 6.66. The van der Waals surface area contributed by atoms with E-state index < -0.39 is 12.5 Å². The summed E-state index contributed by atoms with van der Waals surface area (Å²) >= 11 is 0. The summed E-state index contributed by atoms with van der Waals surface area (Å²) in [7, 11) is 1.73. The predicted octanol–water partition coefficient (Wildman–Crippen LogP) is 3.20. The van der Waals surface area contributed by atoms with Crippen LogP contribution in [-0.4, -0.2) is 22.3 Å². The molecule has 7 heteroatoms. The highest BCUT2D eigenvalue weighted by atomic mass is 19.3. The highest BCUT2D eigenvalue weighted by Crippen LogP contribution is 2.28. The molecule has 1 N–H and O–H groups in total. The van der Waals surface area contributed by atoms with Crippen LogP contribution in [0.25, 0.3) is 0 Å². The second-order valence-corrected chi connectivity index (χ2v) is 5.00. The molecule has 0 spiro atoms. The van der Waals surface area contributed by atoms with Crippen LogP contribution >= 0.6 is 0 Å². The van der Waals surface area contributed by atoms with Crippen molar-refractivity contribution in [2.24, 2.45) is 7.05 Å². The van der Waals surface area contributed by atoms with E-state index in [0.29, 0.717) is 17.0 Å². The Balaban J connectivity index is 2.32. The summed E-state index contributed by atoms with van der Waals surface area (Å²) in [5.74, 6) is -0.478. The maximum atomic E-state index is 12.5. The van der Waals surface area contributed by atoms with Crippen LogP contribution in [0.5, 0.6) is 5.75 Å². The van der Waals surface area contributed by atoms with Crippen molar-refractivity contribution in [2.45, 2.75) is 27.4 Å². The van der Waals surface area contributed by atoms with E-state index in [2.05, 4.69) is 15.2 Å². The smallest absolute Gasteiger partial charge is 0.387 e. The molecule has 0 fully saturated rings. The number of hydrogen-bond acceptors (Lipinski definition) is 3. The number of rotatable bonds is 4. The van der Waals surface area contributed by atoms with Crippen LogP contribution in [0.2, 0.25) is 0 Å². The van der Waals surface area contributed by atoms with Crippen LogP contribution in [0, 0.1) is 20.8 Å². The van der Waals surface area contributed by atoms with E-state index in [-0.39, 0.29) is 11.4 Å². The first-order chi connectivity index (χ1) is 10.3. The Morgan fingerprint density at radius 3 is 2.55 bits per heavy atom. The third-order valence-electron chi connectivity index (χ3n) is 3.34. The number of alkyl halides is 2. The number of hydrogen-bond donors (Lipinski definition) is 1. The van der Waals surface area contributed by atoms with Gasteiger partial charge in [0, 0.05) is 12.7 Å². The van der Waals surface area contributed by atoms with Gasteiger partial charge in [-0.1, -0.05) is 6.07 Å². The number of carbonyl (C=O) groups excluding carboxylic acids is 1. The molecule has 0 radical (unpaired) electrons. The van der Waals surface area contributed by atoms with E-state index in [1.54, 1.807) is 38.6 Å². The van der Waals surface area contributed by atoms with Crippen molar-refractivity contribution in [1.82, 2.24) is 9.78 Å². The minimum absolute atomic E-state index is 0.0671. The van der Waals surface area contributed by atoms with Gasteiger partial charge in [0.1, 0.15) is 5.75 Å². The summed E-state index contributed by atoms with van der Waals surface area (Å²) in [4.78, 5) is 12.4. The van der Waals surface area contributed by atoms with Gasteiger partial charge in [-0.3, -0.25) is 9.48 Å². The Morgan fingerprint density at radius 2 is 2.00 bits per heavy atom. The summed E-state index contributed by atoms with van der Waals surface area (Å²) in [5, 5.41) is 6.77. The molecule has 0 saturated carbocycles. The molecular weight excluding hydrogens is 292 g/mol. The number of nitrogens with zero attached hydrogens (tertiary/aromatic N) is 2. The number of ether oxygens (including phenoxy) is 1. The Hall–Kier alpha value is -2.44. The average molecular weight is 309 g/mol. The lowest BCUT2D eigenvalue weighted by Crippen LogP contribution is -2.15. The van der Waals surface area contributed by atoms with Crippen molar-refractivity contribution in [1.29, 1.82) is 0 Å². The normalized spacial score (nSPS) is 10.9. The van der Waals surface area contributed by atoms with E-state index in [9.17, 15) is 13.6 Å². The fraction of sp³-hybridized carbons (Fsp3) is 0.333. The third-order valence-corrected chi connectivity index (χ3v) is 3.34. The molecule has 1 aromatic carbocycles. The maximum Gasteiger partial charge on any atom is 0.387 e.